The van der Waals surface area contributed by atoms with E-state index in [9.17, 15) is 9.18 Å². The van der Waals surface area contributed by atoms with Crippen LogP contribution in [0.1, 0.15) is 6.92 Å². The molecule has 1 N–H and O–H groups in total. The summed E-state index contributed by atoms with van der Waals surface area (Å²) in [6.07, 6.45) is 3.33. The number of amides is 1. The maximum absolute atomic E-state index is 13.5. The lowest BCUT2D eigenvalue weighted by Gasteiger charge is -2.12. The number of thiazole rings is 1. The van der Waals surface area contributed by atoms with E-state index in [4.69, 9.17) is 0 Å². The summed E-state index contributed by atoms with van der Waals surface area (Å²) in [5.41, 5.74) is 0.617. The van der Waals surface area contributed by atoms with Gasteiger partial charge in [-0.25, -0.2) is 9.37 Å². The van der Waals surface area contributed by atoms with Crippen molar-refractivity contribution in [2.45, 2.75) is 23.9 Å². The van der Waals surface area contributed by atoms with Crippen molar-refractivity contribution in [3.05, 3.63) is 54.3 Å². The van der Waals surface area contributed by atoms with E-state index in [-0.39, 0.29) is 11.7 Å². The van der Waals surface area contributed by atoms with Crippen LogP contribution in [0, 0.1) is 5.82 Å². The fraction of sp³-hybridized carbons (Fsp3) is 0.176. The molecule has 0 unspecified atom stereocenters. The molecule has 9 heteroatoms. The molecule has 0 aliphatic heterocycles. The molecule has 0 aliphatic carbocycles. The zero-order valence-electron chi connectivity index (χ0n) is 13.9. The van der Waals surface area contributed by atoms with E-state index >= 15 is 0 Å². The molecular formula is C17H16FN5OS2. The molecule has 2 heterocycles. The highest BCUT2D eigenvalue weighted by Gasteiger charge is 2.21. The van der Waals surface area contributed by atoms with E-state index in [0.717, 1.165) is 0 Å². The molecule has 0 aliphatic rings. The average Bonchev–Trinajstić information content (AvgIpc) is 3.26. The number of hydrogen-bond acceptors (Lipinski definition) is 6. The Kier molecular flexibility index (Phi) is 5.79. The highest BCUT2D eigenvalue weighted by molar-refractivity contribution is 8.00. The molecule has 3 aromatic rings. The molecule has 6 nitrogen and oxygen atoms in total. The van der Waals surface area contributed by atoms with Crippen molar-refractivity contribution in [3.8, 4) is 11.4 Å². The van der Waals surface area contributed by atoms with Crippen LogP contribution in [0.3, 0.4) is 0 Å². The predicted molar refractivity (Wildman–Crippen MR) is 102 cm³/mol. The van der Waals surface area contributed by atoms with Gasteiger partial charge in [-0.3, -0.25) is 9.36 Å². The van der Waals surface area contributed by atoms with Crippen LogP contribution in [0.15, 0.2) is 53.7 Å². The lowest BCUT2D eigenvalue weighted by atomic mass is 10.2. The highest BCUT2D eigenvalue weighted by Crippen LogP contribution is 2.28. The van der Waals surface area contributed by atoms with Gasteiger partial charge in [-0.2, -0.15) is 0 Å². The van der Waals surface area contributed by atoms with Crippen molar-refractivity contribution in [1.82, 2.24) is 19.7 Å². The smallest absolute Gasteiger partial charge is 0.239 e. The maximum Gasteiger partial charge on any atom is 0.239 e. The van der Waals surface area contributed by atoms with Crippen LogP contribution in [0.5, 0.6) is 0 Å². The molecule has 134 valence electrons. The van der Waals surface area contributed by atoms with Crippen LogP contribution < -0.4 is 5.32 Å². The lowest BCUT2D eigenvalue weighted by molar-refractivity contribution is -0.115. The fourth-order valence-corrected chi connectivity index (χ4v) is 3.60. The molecule has 3 rings (SSSR count). The number of anilines is 1. The number of hydrogen-bond donors (Lipinski definition) is 1. The Hall–Kier alpha value is -2.52. The molecule has 1 aromatic carbocycles. The topological polar surface area (TPSA) is 72.7 Å². The average molecular weight is 389 g/mol. The quantitative estimate of drug-likeness (QED) is 0.491. The number of nitrogens with one attached hydrogen (secondary N) is 1. The van der Waals surface area contributed by atoms with E-state index in [1.54, 1.807) is 41.3 Å². The standard InChI is InChI=1S/C17H16FN5OS2/c1-3-8-23-14(12-5-4-6-13(18)10-12)21-22-17(23)26-11(2)15(24)20-16-19-7-9-25-16/h3-7,9-11H,1,8H2,2H3,(H,19,20,24)/t11-/m1/s1. The molecule has 0 bridgehead atoms. The summed E-state index contributed by atoms with van der Waals surface area (Å²) in [6.45, 7) is 5.97. The minimum absolute atomic E-state index is 0.176. The Bertz CT molecular complexity index is 910. The van der Waals surface area contributed by atoms with Gasteiger partial charge >= 0.3 is 0 Å². The van der Waals surface area contributed by atoms with Gasteiger partial charge in [0.25, 0.3) is 0 Å². The van der Waals surface area contributed by atoms with Crippen molar-refractivity contribution >= 4 is 34.1 Å². The summed E-state index contributed by atoms with van der Waals surface area (Å²) in [5.74, 6) is 0.00545. The van der Waals surface area contributed by atoms with Crippen molar-refractivity contribution in [1.29, 1.82) is 0 Å². The molecule has 0 saturated carbocycles. The number of carbonyl (C=O) groups is 1. The number of halogens is 1. The van der Waals surface area contributed by atoms with E-state index < -0.39 is 5.25 Å². The second kappa shape index (κ2) is 8.24. The first-order valence-corrected chi connectivity index (χ1v) is 9.51. The Balaban J connectivity index is 1.81. The van der Waals surface area contributed by atoms with Gasteiger partial charge in [0, 0.05) is 23.7 Å². The molecule has 2 aromatic heterocycles. The summed E-state index contributed by atoms with van der Waals surface area (Å²) in [5, 5.41) is 13.6. The molecule has 0 fully saturated rings. The largest absolute Gasteiger partial charge is 0.301 e. The second-order valence-electron chi connectivity index (χ2n) is 5.30. The van der Waals surface area contributed by atoms with E-state index in [1.165, 1.54) is 35.2 Å². The van der Waals surface area contributed by atoms with Crippen LogP contribution in [0.4, 0.5) is 9.52 Å². The number of allylic oxidation sites excluding steroid dienone is 1. The SMILES string of the molecule is C=CCn1c(S[C@H](C)C(=O)Nc2nccs2)nnc1-c1cccc(F)c1. The Labute approximate surface area is 158 Å². The maximum atomic E-state index is 13.5. The number of rotatable bonds is 7. The molecule has 0 saturated heterocycles. The fourth-order valence-electron chi connectivity index (χ4n) is 2.21. The number of aromatic nitrogens is 4. The zero-order valence-corrected chi connectivity index (χ0v) is 15.6. The number of nitrogens with zero attached hydrogens (tertiary/aromatic N) is 4. The summed E-state index contributed by atoms with van der Waals surface area (Å²) in [7, 11) is 0. The van der Waals surface area contributed by atoms with E-state index in [2.05, 4.69) is 27.1 Å². The lowest BCUT2D eigenvalue weighted by Crippen LogP contribution is -2.22. The van der Waals surface area contributed by atoms with E-state index in [1.807, 2.05) is 0 Å². The molecular weight excluding hydrogens is 373 g/mol. The normalized spacial score (nSPS) is 11.9. The molecule has 0 spiro atoms. The van der Waals surface area contributed by atoms with Gasteiger partial charge in [-0.1, -0.05) is 30.0 Å². The number of benzene rings is 1. The van der Waals surface area contributed by atoms with Gasteiger partial charge in [0.1, 0.15) is 5.82 Å². The minimum Gasteiger partial charge on any atom is -0.301 e. The van der Waals surface area contributed by atoms with Crippen LogP contribution >= 0.6 is 23.1 Å². The monoisotopic (exact) mass is 389 g/mol. The Morgan fingerprint density at radius 2 is 2.35 bits per heavy atom. The first-order chi connectivity index (χ1) is 12.6. The van der Waals surface area contributed by atoms with Crippen molar-refractivity contribution in [2.24, 2.45) is 0 Å². The van der Waals surface area contributed by atoms with Crippen molar-refractivity contribution in [2.75, 3.05) is 5.32 Å². The summed E-state index contributed by atoms with van der Waals surface area (Å²) >= 11 is 2.63. The molecule has 0 radical (unpaired) electrons. The third-order valence-electron chi connectivity index (χ3n) is 3.43. The van der Waals surface area contributed by atoms with Gasteiger partial charge in [-0.05, 0) is 19.1 Å². The minimum atomic E-state index is -0.410. The van der Waals surface area contributed by atoms with Gasteiger partial charge in [-0.15, -0.1) is 28.1 Å². The number of carbonyl (C=O) groups excluding carboxylic acids is 1. The van der Waals surface area contributed by atoms with Gasteiger partial charge in [0.2, 0.25) is 5.91 Å². The van der Waals surface area contributed by atoms with Gasteiger partial charge in [0.15, 0.2) is 16.1 Å². The first-order valence-electron chi connectivity index (χ1n) is 7.75. The van der Waals surface area contributed by atoms with Crippen molar-refractivity contribution in [3.63, 3.8) is 0 Å². The molecule has 26 heavy (non-hydrogen) atoms. The molecule has 1 atom stereocenters. The predicted octanol–water partition coefficient (Wildman–Crippen LogP) is 3.85. The van der Waals surface area contributed by atoms with Crippen molar-refractivity contribution < 1.29 is 9.18 Å². The van der Waals surface area contributed by atoms with Crippen LogP contribution in [-0.2, 0) is 11.3 Å². The van der Waals surface area contributed by atoms with Crippen LogP contribution in [0.2, 0.25) is 0 Å². The summed E-state index contributed by atoms with van der Waals surface area (Å²) in [6, 6.07) is 6.16. The number of thioether (sulfide) groups is 1. The Morgan fingerprint density at radius 1 is 1.50 bits per heavy atom. The highest BCUT2D eigenvalue weighted by atomic mass is 32.2. The first kappa shape index (κ1) is 18.3. The zero-order chi connectivity index (χ0) is 18.5. The third kappa shape index (κ3) is 4.17. The Morgan fingerprint density at radius 3 is 3.04 bits per heavy atom. The van der Waals surface area contributed by atoms with Gasteiger partial charge in [0.05, 0.1) is 5.25 Å². The molecule has 1 amide bonds. The summed E-state index contributed by atoms with van der Waals surface area (Å²) in [4.78, 5) is 16.4. The summed E-state index contributed by atoms with van der Waals surface area (Å²) < 4.78 is 15.3. The van der Waals surface area contributed by atoms with E-state index in [0.29, 0.717) is 28.2 Å². The third-order valence-corrected chi connectivity index (χ3v) is 5.19. The van der Waals surface area contributed by atoms with Crippen LogP contribution in [-0.4, -0.2) is 30.9 Å². The second-order valence-corrected chi connectivity index (χ2v) is 7.50. The van der Waals surface area contributed by atoms with Gasteiger partial charge < -0.3 is 5.32 Å². The van der Waals surface area contributed by atoms with Crippen LogP contribution in [0.25, 0.3) is 11.4 Å².